The monoisotopic (exact) mass is 643 g/mol. The fourth-order valence-corrected chi connectivity index (χ4v) is 6.55. The Morgan fingerprint density at radius 1 is 0.580 bits per heavy atom. The fraction of sp³-hybridized carbons (Fsp3) is 0. The van der Waals surface area contributed by atoms with Crippen LogP contribution in [0, 0.1) is 0 Å². The maximum Gasteiger partial charge on any atom is 0.229 e. The van der Waals surface area contributed by atoms with Crippen LogP contribution >= 0.6 is 0 Å². The summed E-state index contributed by atoms with van der Waals surface area (Å²) < 4.78 is 8.62. The van der Waals surface area contributed by atoms with E-state index in [-0.39, 0.29) is 0 Å². The van der Waals surface area contributed by atoms with Crippen molar-refractivity contribution in [2.24, 2.45) is 0 Å². The summed E-state index contributed by atoms with van der Waals surface area (Å²) in [5.74, 6) is 2.42. The van der Waals surface area contributed by atoms with Crippen molar-refractivity contribution in [1.82, 2.24) is 24.5 Å². The summed E-state index contributed by atoms with van der Waals surface area (Å²) in [5, 5.41) is 4.50. The van der Waals surface area contributed by atoms with E-state index in [0.29, 0.717) is 23.4 Å². The minimum absolute atomic E-state index is 0.583. The number of allylic oxidation sites excluding steroid dienone is 4. The van der Waals surface area contributed by atoms with Crippen molar-refractivity contribution in [3.05, 3.63) is 170 Å². The first-order chi connectivity index (χ1) is 24.7. The van der Waals surface area contributed by atoms with E-state index < -0.39 is 0 Å². The molecule has 0 bridgehead atoms. The smallest absolute Gasteiger partial charge is 0.229 e. The summed E-state index contributed by atoms with van der Waals surface area (Å²) in [6, 6.07) is 45.7. The van der Waals surface area contributed by atoms with Crippen LogP contribution in [-0.2, 0) is 0 Å². The molecular formula is C44H29N5O. The van der Waals surface area contributed by atoms with Crippen molar-refractivity contribution in [2.45, 2.75) is 0 Å². The lowest BCUT2D eigenvalue weighted by molar-refractivity contribution is 0.620. The second-order valence-electron chi connectivity index (χ2n) is 12.0. The largest absolute Gasteiger partial charge is 0.436 e. The molecule has 3 heterocycles. The zero-order valence-corrected chi connectivity index (χ0v) is 26.9. The molecule has 0 saturated carbocycles. The first-order valence-electron chi connectivity index (χ1n) is 16.4. The van der Waals surface area contributed by atoms with Crippen LogP contribution in [0.2, 0.25) is 0 Å². The highest BCUT2D eigenvalue weighted by atomic mass is 16.3. The Balaban J connectivity index is 1.18. The van der Waals surface area contributed by atoms with E-state index in [2.05, 4.69) is 90.0 Å². The van der Waals surface area contributed by atoms with Crippen molar-refractivity contribution < 1.29 is 4.42 Å². The van der Waals surface area contributed by atoms with Gasteiger partial charge in [-0.2, -0.15) is 0 Å². The highest BCUT2D eigenvalue weighted by Gasteiger charge is 2.19. The average Bonchev–Trinajstić information content (AvgIpc) is 3.76. The molecule has 0 unspecified atom stereocenters. The molecule has 0 aliphatic heterocycles. The van der Waals surface area contributed by atoms with Gasteiger partial charge >= 0.3 is 0 Å². The number of hydrogen-bond acceptors (Lipinski definition) is 5. The van der Waals surface area contributed by atoms with Crippen molar-refractivity contribution >= 4 is 49.8 Å². The second kappa shape index (κ2) is 12.3. The van der Waals surface area contributed by atoms with Crippen LogP contribution in [-0.4, -0.2) is 24.5 Å². The van der Waals surface area contributed by atoms with E-state index >= 15 is 0 Å². The van der Waals surface area contributed by atoms with Gasteiger partial charge in [-0.1, -0.05) is 122 Å². The van der Waals surface area contributed by atoms with Crippen LogP contribution in [0.25, 0.3) is 89.7 Å². The van der Waals surface area contributed by atoms with Gasteiger partial charge in [-0.3, -0.25) is 0 Å². The predicted octanol–water partition coefficient (Wildman–Crippen LogP) is 11.0. The molecule has 9 aromatic rings. The van der Waals surface area contributed by atoms with Crippen LogP contribution in [0.1, 0.15) is 5.82 Å². The summed E-state index contributed by atoms with van der Waals surface area (Å²) in [6.45, 7) is 3.74. The number of para-hydroxylation sites is 4. The average molecular weight is 644 g/mol. The number of oxazole rings is 1. The highest BCUT2D eigenvalue weighted by molar-refractivity contribution is 6.13. The van der Waals surface area contributed by atoms with Gasteiger partial charge in [-0.25, -0.2) is 19.9 Å². The molecule has 6 heteroatoms. The normalized spacial score (nSPS) is 11.9. The summed E-state index contributed by atoms with van der Waals surface area (Å²) in [6.07, 6.45) is 9.29. The molecule has 0 N–H and O–H groups in total. The minimum atomic E-state index is 0.583. The first kappa shape index (κ1) is 29.2. The van der Waals surface area contributed by atoms with E-state index in [1.807, 2.05) is 78.9 Å². The van der Waals surface area contributed by atoms with Gasteiger partial charge in [0.05, 0.1) is 16.6 Å². The number of hydrogen-bond donors (Lipinski definition) is 0. The van der Waals surface area contributed by atoms with E-state index in [4.69, 9.17) is 24.4 Å². The summed E-state index contributed by atoms with van der Waals surface area (Å²) in [7, 11) is 0. The molecule has 236 valence electrons. The molecule has 6 aromatic carbocycles. The van der Waals surface area contributed by atoms with Crippen LogP contribution < -0.4 is 0 Å². The molecule has 9 rings (SSSR count). The van der Waals surface area contributed by atoms with Gasteiger partial charge in [0, 0.05) is 27.6 Å². The Morgan fingerprint density at radius 2 is 1.34 bits per heavy atom. The molecule has 3 aromatic heterocycles. The third-order valence-electron chi connectivity index (χ3n) is 8.85. The van der Waals surface area contributed by atoms with E-state index in [1.54, 1.807) is 6.08 Å². The molecular weight excluding hydrogens is 615 g/mol. The van der Waals surface area contributed by atoms with Crippen molar-refractivity contribution in [1.29, 1.82) is 0 Å². The Bertz CT molecular complexity index is 2760. The highest BCUT2D eigenvalue weighted by Crippen LogP contribution is 2.39. The van der Waals surface area contributed by atoms with Gasteiger partial charge < -0.3 is 8.98 Å². The SMILES string of the molecule is C=C/C=C\C=C\c1nc(-c2ccccc2)nc(-c2ccc3cc(-n4c5ccccc5c5cccc(-c6nc7ccccc7o6)c54)ccc3c2)n1. The molecule has 0 spiro atoms. The number of rotatable bonds is 7. The first-order valence-corrected chi connectivity index (χ1v) is 16.4. The van der Waals surface area contributed by atoms with Gasteiger partial charge in [0.25, 0.3) is 0 Å². The topological polar surface area (TPSA) is 69.6 Å². The van der Waals surface area contributed by atoms with Crippen LogP contribution in [0.15, 0.2) is 169 Å². The Hall–Kier alpha value is -6.92. The Kier molecular flexibility index (Phi) is 7.17. The van der Waals surface area contributed by atoms with Gasteiger partial charge in [0.15, 0.2) is 23.1 Å². The lowest BCUT2D eigenvalue weighted by Crippen LogP contribution is -2.00. The molecule has 0 amide bonds. The maximum absolute atomic E-state index is 6.30. The van der Waals surface area contributed by atoms with E-state index in [0.717, 1.165) is 60.7 Å². The lowest BCUT2D eigenvalue weighted by atomic mass is 10.1. The standard InChI is InChI=1S/C44H29N5O/c1-2-3-4-8-22-40-46-42(29-14-6-5-7-15-29)48-43(47-40)32-24-23-31-28-33(26-25-30(31)27-32)49-38-20-11-9-16-34(38)35-17-13-18-36(41(35)49)44-45-37-19-10-12-21-39(37)50-44/h2-28H,1H2/b4-3-,22-8+. The van der Waals surface area contributed by atoms with Crippen LogP contribution in [0.5, 0.6) is 0 Å². The maximum atomic E-state index is 6.30. The van der Waals surface area contributed by atoms with Gasteiger partial charge in [-0.05, 0) is 59.3 Å². The van der Waals surface area contributed by atoms with Crippen molar-refractivity contribution in [3.63, 3.8) is 0 Å². The molecule has 0 radical (unpaired) electrons. The molecule has 0 aliphatic rings. The second-order valence-corrected chi connectivity index (χ2v) is 12.0. The van der Waals surface area contributed by atoms with Gasteiger partial charge in [-0.15, -0.1) is 0 Å². The van der Waals surface area contributed by atoms with E-state index in [9.17, 15) is 0 Å². The molecule has 0 saturated heterocycles. The molecule has 0 aliphatic carbocycles. The summed E-state index contributed by atoms with van der Waals surface area (Å²) in [5.41, 5.74) is 7.61. The number of nitrogens with zero attached hydrogens (tertiary/aromatic N) is 5. The zero-order valence-electron chi connectivity index (χ0n) is 26.9. The predicted molar refractivity (Wildman–Crippen MR) is 204 cm³/mol. The minimum Gasteiger partial charge on any atom is -0.436 e. The molecule has 0 fully saturated rings. The fourth-order valence-electron chi connectivity index (χ4n) is 6.55. The van der Waals surface area contributed by atoms with Gasteiger partial charge in [0.2, 0.25) is 5.89 Å². The Labute approximate surface area is 288 Å². The summed E-state index contributed by atoms with van der Waals surface area (Å²) in [4.78, 5) is 19.3. The van der Waals surface area contributed by atoms with E-state index in [1.165, 1.54) is 5.39 Å². The third kappa shape index (κ3) is 5.16. The van der Waals surface area contributed by atoms with Crippen LogP contribution in [0.3, 0.4) is 0 Å². The number of fused-ring (bicyclic) bond motifs is 5. The third-order valence-corrected chi connectivity index (χ3v) is 8.85. The van der Waals surface area contributed by atoms with Crippen molar-refractivity contribution in [2.75, 3.05) is 0 Å². The Morgan fingerprint density at radius 3 is 2.22 bits per heavy atom. The quantitative estimate of drug-likeness (QED) is 0.162. The number of aromatic nitrogens is 5. The van der Waals surface area contributed by atoms with Crippen molar-refractivity contribution in [3.8, 4) is 39.9 Å². The lowest BCUT2D eigenvalue weighted by Gasteiger charge is -2.12. The summed E-state index contributed by atoms with van der Waals surface area (Å²) >= 11 is 0. The van der Waals surface area contributed by atoms with Crippen LogP contribution in [0.4, 0.5) is 0 Å². The molecule has 50 heavy (non-hydrogen) atoms. The zero-order chi connectivity index (χ0) is 33.4. The molecule has 0 atom stereocenters. The molecule has 6 nitrogen and oxygen atoms in total. The van der Waals surface area contributed by atoms with Gasteiger partial charge in [0.1, 0.15) is 5.52 Å². The number of benzene rings is 6.